The molecule has 5 nitrogen and oxygen atoms in total. The molecule has 1 aromatic rings. The first-order chi connectivity index (χ1) is 8.70. The number of methoxy groups -OCH3 is 1. The Morgan fingerprint density at radius 2 is 2.06 bits per heavy atom. The summed E-state index contributed by atoms with van der Waals surface area (Å²) in [5, 5.41) is 10.8. The first-order valence-corrected chi connectivity index (χ1v) is 6.18. The van der Waals surface area contributed by atoms with E-state index in [4.69, 9.17) is 4.74 Å². The summed E-state index contributed by atoms with van der Waals surface area (Å²) >= 11 is 0. The fraction of sp³-hybridized carbons (Fsp3) is 0.538. The lowest BCUT2D eigenvalue weighted by atomic mass is 10.0. The SMILES string of the molecule is COCCN1CCc2ccc([N+](=O)[O-])cc2CC1. The molecule has 0 fully saturated rings. The van der Waals surface area contributed by atoms with E-state index in [1.54, 1.807) is 19.2 Å². The minimum atomic E-state index is -0.326. The van der Waals surface area contributed by atoms with Crippen LogP contribution in [0.2, 0.25) is 0 Å². The third kappa shape index (κ3) is 3.05. The number of nitro benzene ring substituents is 1. The highest BCUT2D eigenvalue weighted by Gasteiger charge is 2.16. The zero-order valence-electron chi connectivity index (χ0n) is 10.6. The largest absolute Gasteiger partial charge is 0.383 e. The Kier molecular flexibility index (Phi) is 4.28. The molecule has 0 aliphatic carbocycles. The molecule has 0 N–H and O–H groups in total. The Morgan fingerprint density at radius 1 is 1.33 bits per heavy atom. The number of nitrogens with zero attached hydrogens (tertiary/aromatic N) is 2. The fourth-order valence-electron chi connectivity index (χ4n) is 2.32. The summed E-state index contributed by atoms with van der Waals surface area (Å²) < 4.78 is 5.08. The molecule has 0 spiro atoms. The maximum atomic E-state index is 10.8. The summed E-state index contributed by atoms with van der Waals surface area (Å²) in [5.74, 6) is 0. The molecule has 0 amide bonds. The Hall–Kier alpha value is -1.46. The summed E-state index contributed by atoms with van der Waals surface area (Å²) in [5.41, 5.74) is 2.55. The van der Waals surface area contributed by atoms with Gasteiger partial charge in [0, 0.05) is 38.9 Å². The highest BCUT2D eigenvalue weighted by Crippen LogP contribution is 2.21. The van der Waals surface area contributed by atoms with Crippen molar-refractivity contribution in [1.29, 1.82) is 0 Å². The predicted octanol–water partition coefficient (Wildman–Crippen LogP) is 1.64. The van der Waals surface area contributed by atoms with Crippen molar-refractivity contribution < 1.29 is 9.66 Å². The number of nitro groups is 1. The second-order valence-corrected chi connectivity index (χ2v) is 4.54. The minimum absolute atomic E-state index is 0.194. The summed E-state index contributed by atoms with van der Waals surface area (Å²) in [4.78, 5) is 12.8. The zero-order chi connectivity index (χ0) is 13.0. The number of ether oxygens (including phenoxy) is 1. The van der Waals surface area contributed by atoms with Crippen LogP contribution in [0.1, 0.15) is 11.1 Å². The third-order valence-corrected chi connectivity index (χ3v) is 3.41. The number of rotatable bonds is 4. The maximum Gasteiger partial charge on any atom is 0.269 e. The van der Waals surface area contributed by atoms with E-state index in [2.05, 4.69) is 4.90 Å². The molecule has 98 valence electrons. The lowest BCUT2D eigenvalue weighted by Crippen LogP contribution is -2.29. The molecule has 0 unspecified atom stereocenters. The van der Waals surface area contributed by atoms with Crippen molar-refractivity contribution in [3.63, 3.8) is 0 Å². The van der Waals surface area contributed by atoms with Gasteiger partial charge < -0.3 is 9.64 Å². The molecule has 2 rings (SSSR count). The van der Waals surface area contributed by atoms with E-state index < -0.39 is 0 Å². The van der Waals surface area contributed by atoms with Crippen LogP contribution in [-0.2, 0) is 17.6 Å². The number of fused-ring (bicyclic) bond motifs is 1. The topological polar surface area (TPSA) is 55.6 Å². The first-order valence-electron chi connectivity index (χ1n) is 6.18. The van der Waals surface area contributed by atoms with Crippen molar-refractivity contribution in [3.05, 3.63) is 39.4 Å². The van der Waals surface area contributed by atoms with Crippen LogP contribution in [0.25, 0.3) is 0 Å². The molecule has 1 aromatic carbocycles. The molecule has 18 heavy (non-hydrogen) atoms. The van der Waals surface area contributed by atoms with Gasteiger partial charge in [-0.1, -0.05) is 6.07 Å². The van der Waals surface area contributed by atoms with Gasteiger partial charge in [0.1, 0.15) is 0 Å². The van der Waals surface area contributed by atoms with Crippen molar-refractivity contribution in [2.75, 3.05) is 33.4 Å². The van der Waals surface area contributed by atoms with Crippen LogP contribution in [0.4, 0.5) is 5.69 Å². The van der Waals surface area contributed by atoms with Gasteiger partial charge in [0.05, 0.1) is 11.5 Å². The van der Waals surface area contributed by atoms with Gasteiger partial charge in [-0.25, -0.2) is 0 Å². The van der Waals surface area contributed by atoms with Crippen LogP contribution in [-0.4, -0.2) is 43.2 Å². The number of benzene rings is 1. The summed E-state index contributed by atoms with van der Waals surface area (Å²) in [6.07, 6.45) is 1.83. The molecule has 5 heteroatoms. The smallest absolute Gasteiger partial charge is 0.269 e. The van der Waals surface area contributed by atoms with E-state index in [0.29, 0.717) is 0 Å². The average molecular weight is 250 g/mol. The molecule has 0 saturated heterocycles. The van der Waals surface area contributed by atoms with Gasteiger partial charge in [0.2, 0.25) is 0 Å². The van der Waals surface area contributed by atoms with Gasteiger partial charge in [0.25, 0.3) is 5.69 Å². The second kappa shape index (κ2) is 5.93. The number of hydrogen-bond donors (Lipinski definition) is 0. The molecule has 1 aliphatic rings. The van der Waals surface area contributed by atoms with E-state index in [1.807, 2.05) is 6.07 Å². The van der Waals surface area contributed by atoms with E-state index in [9.17, 15) is 10.1 Å². The van der Waals surface area contributed by atoms with Crippen LogP contribution in [0.5, 0.6) is 0 Å². The predicted molar refractivity (Wildman–Crippen MR) is 68.8 cm³/mol. The highest BCUT2D eigenvalue weighted by molar-refractivity contribution is 5.40. The lowest BCUT2D eigenvalue weighted by molar-refractivity contribution is -0.384. The molecular weight excluding hydrogens is 232 g/mol. The number of hydrogen-bond acceptors (Lipinski definition) is 4. The Balaban J connectivity index is 2.07. The van der Waals surface area contributed by atoms with Crippen LogP contribution < -0.4 is 0 Å². The van der Waals surface area contributed by atoms with Gasteiger partial charge in [0.15, 0.2) is 0 Å². The first kappa shape index (κ1) is 13.0. The summed E-state index contributed by atoms with van der Waals surface area (Å²) in [6.45, 7) is 3.59. The standard InChI is InChI=1S/C13H18N2O3/c1-18-9-8-14-6-4-11-2-3-13(15(16)17)10-12(11)5-7-14/h2-3,10H,4-9H2,1H3. The second-order valence-electron chi connectivity index (χ2n) is 4.54. The van der Waals surface area contributed by atoms with Crippen molar-refractivity contribution in [2.45, 2.75) is 12.8 Å². The maximum absolute atomic E-state index is 10.8. The number of non-ortho nitro benzene ring substituents is 1. The van der Waals surface area contributed by atoms with Gasteiger partial charge in [-0.3, -0.25) is 10.1 Å². The zero-order valence-corrected chi connectivity index (χ0v) is 10.6. The van der Waals surface area contributed by atoms with Crippen LogP contribution in [0.3, 0.4) is 0 Å². The molecule has 1 aliphatic heterocycles. The van der Waals surface area contributed by atoms with Crippen LogP contribution >= 0.6 is 0 Å². The molecular formula is C13H18N2O3. The van der Waals surface area contributed by atoms with Gasteiger partial charge in [-0.05, 0) is 24.0 Å². The Labute approximate surface area is 107 Å². The van der Waals surface area contributed by atoms with Crippen LogP contribution in [0, 0.1) is 10.1 Å². The van der Waals surface area contributed by atoms with Crippen molar-refractivity contribution in [2.24, 2.45) is 0 Å². The van der Waals surface area contributed by atoms with Gasteiger partial charge in [-0.15, -0.1) is 0 Å². The van der Waals surface area contributed by atoms with Crippen molar-refractivity contribution >= 4 is 5.69 Å². The Bertz CT molecular complexity index is 434. The molecule has 0 bridgehead atoms. The molecule has 1 heterocycles. The molecule has 0 aromatic heterocycles. The lowest BCUT2D eigenvalue weighted by Gasteiger charge is -2.18. The molecule has 0 radical (unpaired) electrons. The van der Waals surface area contributed by atoms with Gasteiger partial charge >= 0.3 is 0 Å². The van der Waals surface area contributed by atoms with Crippen molar-refractivity contribution in [1.82, 2.24) is 4.90 Å². The summed E-state index contributed by atoms with van der Waals surface area (Å²) in [6, 6.07) is 5.21. The van der Waals surface area contributed by atoms with Crippen molar-refractivity contribution in [3.8, 4) is 0 Å². The van der Waals surface area contributed by atoms with E-state index in [1.165, 1.54) is 5.56 Å². The molecule has 0 saturated carbocycles. The normalized spacial score (nSPS) is 16.1. The minimum Gasteiger partial charge on any atom is -0.383 e. The van der Waals surface area contributed by atoms with E-state index in [0.717, 1.165) is 44.6 Å². The van der Waals surface area contributed by atoms with Gasteiger partial charge in [-0.2, -0.15) is 0 Å². The highest BCUT2D eigenvalue weighted by atomic mass is 16.6. The quantitative estimate of drug-likeness (QED) is 0.602. The Morgan fingerprint density at radius 3 is 2.72 bits per heavy atom. The van der Waals surface area contributed by atoms with E-state index >= 15 is 0 Å². The molecule has 0 atom stereocenters. The average Bonchev–Trinajstić information content (AvgIpc) is 2.58. The summed E-state index contributed by atoms with van der Waals surface area (Å²) in [7, 11) is 1.70. The third-order valence-electron chi connectivity index (χ3n) is 3.41. The fourth-order valence-corrected chi connectivity index (χ4v) is 2.32. The monoisotopic (exact) mass is 250 g/mol. The van der Waals surface area contributed by atoms with E-state index in [-0.39, 0.29) is 10.6 Å². The van der Waals surface area contributed by atoms with Crippen LogP contribution in [0.15, 0.2) is 18.2 Å².